The summed E-state index contributed by atoms with van der Waals surface area (Å²) in [6, 6.07) is 7.45. The van der Waals surface area contributed by atoms with Crippen molar-refractivity contribution in [1.82, 2.24) is 9.88 Å². The summed E-state index contributed by atoms with van der Waals surface area (Å²) >= 11 is 0. The molecule has 2 heterocycles. The molecule has 2 aromatic rings. The van der Waals surface area contributed by atoms with E-state index in [1.807, 2.05) is 38.1 Å². The van der Waals surface area contributed by atoms with Gasteiger partial charge < -0.3 is 14.7 Å². The van der Waals surface area contributed by atoms with Crippen LogP contribution in [-0.2, 0) is 11.4 Å². The summed E-state index contributed by atoms with van der Waals surface area (Å²) in [5.41, 5.74) is 3.32. The standard InChI is InChI=1S/C21H24N2O4/c1-14-9-18(20(24)23-8-4-6-17(12-23)21(25)26)10-15(2)19(14)27-13-16-5-3-7-22-11-16/h3,5,7,9-11,17H,4,6,8,12-13H2,1-2H3,(H,25,26). The molecule has 1 aliphatic heterocycles. The van der Waals surface area contributed by atoms with E-state index >= 15 is 0 Å². The zero-order chi connectivity index (χ0) is 19.4. The van der Waals surface area contributed by atoms with E-state index in [1.165, 1.54) is 0 Å². The predicted octanol–water partition coefficient (Wildman–Crippen LogP) is 3.21. The monoisotopic (exact) mass is 368 g/mol. The molecule has 1 aromatic heterocycles. The Balaban J connectivity index is 1.73. The number of amides is 1. The number of piperidine rings is 1. The normalized spacial score (nSPS) is 16.8. The number of hydrogen-bond donors (Lipinski definition) is 1. The lowest BCUT2D eigenvalue weighted by Crippen LogP contribution is -2.42. The SMILES string of the molecule is Cc1cc(C(=O)N2CCCC(C(=O)O)C2)cc(C)c1OCc1cccnc1. The first-order valence-corrected chi connectivity index (χ1v) is 9.10. The highest BCUT2D eigenvalue weighted by Crippen LogP contribution is 2.27. The highest BCUT2D eigenvalue weighted by atomic mass is 16.5. The van der Waals surface area contributed by atoms with Crippen LogP contribution in [0.5, 0.6) is 5.75 Å². The molecule has 1 atom stereocenters. The van der Waals surface area contributed by atoms with Gasteiger partial charge in [0.2, 0.25) is 0 Å². The lowest BCUT2D eigenvalue weighted by molar-refractivity contribution is -0.143. The van der Waals surface area contributed by atoms with Gasteiger partial charge in [-0.3, -0.25) is 14.6 Å². The topological polar surface area (TPSA) is 79.7 Å². The number of ether oxygens (including phenoxy) is 1. The maximum absolute atomic E-state index is 12.8. The van der Waals surface area contributed by atoms with Crippen molar-refractivity contribution in [1.29, 1.82) is 0 Å². The van der Waals surface area contributed by atoms with Gasteiger partial charge in [0.05, 0.1) is 5.92 Å². The Hall–Kier alpha value is -2.89. The van der Waals surface area contributed by atoms with Crippen molar-refractivity contribution in [3.8, 4) is 5.75 Å². The quantitative estimate of drug-likeness (QED) is 0.877. The van der Waals surface area contributed by atoms with Crippen molar-refractivity contribution < 1.29 is 19.4 Å². The highest BCUT2D eigenvalue weighted by Gasteiger charge is 2.29. The van der Waals surface area contributed by atoms with Crippen molar-refractivity contribution in [2.45, 2.75) is 33.3 Å². The molecule has 1 fully saturated rings. The number of carboxylic acids is 1. The third-order valence-corrected chi connectivity index (χ3v) is 4.87. The van der Waals surface area contributed by atoms with Crippen LogP contribution >= 0.6 is 0 Å². The van der Waals surface area contributed by atoms with Gasteiger partial charge in [0.1, 0.15) is 12.4 Å². The van der Waals surface area contributed by atoms with Crippen LogP contribution < -0.4 is 4.74 Å². The Labute approximate surface area is 158 Å². The molecule has 6 nitrogen and oxygen atoms in total. The van der Waals surface area contributed by atoms with Gasteiger partial charge in [0.15, 0.2) is 0 Å². The third kappa shape index (κ3) is 4.45. The molecular weight excluding hydrogens is 344 g/mol. The van der Waals surface area contributed by atoms with Crippen LogP contribution in [0, 0.1) is 19.8 Å². The van der Waals surface area contributed by atoms with Crippen molar-refractivity contribution in [2.24, 2.45) is 5.92 Å². The summed E-state index contributed by atoms with van der Waals surface area (Å²) in [5.74, 6) is -0.672. The minimum absolute atomic E-state index is 0.119. The molecule has 1 N–H and O–H groups in total. The number of carbonyl (C=O) groups is 2. The summed E-state index contributed by atoms with van der Waals surface area (Å²) in [7, 11) is 0. The maximum atomic E-state index is 12.8. The van der Waals surface area contributed by atoms with Gasteiger partial charge in [0.25, 0.3) is 5.91 Å². The van der Waals surface area contributed by atoms with E-state index in [0.717, 1.165) is 22.4 Å². The van der Waals surface area contributed by atoms with Gasteiger partial charge in [-0.25, -0.2) is 0 Å². The number of benzene rings is 1. The van der Waals surface area contributed by atoms with Crippen molar-refractivity contribution in [3.05, 3.63) is 58.9 Å². The first-order valence-electron chi connectivity index (χ1n) is 9.10. The Kier molecular flexibility index (Phi) is 5.74. The van der Waals surface area contributed by atoms with Gasteiger partial charge in [-0.1, -0.05) is 6.07 Å². The molecule has 27 heavy (non-hydrogen) atoms. The average molecular weight is 368 g/mol. The van der Waals surface area contributed by atoms with E-state index in [-0.39, 0.29) is 12.5 Å². The number of pyridine rings is 1. The summed E-state index contributed by atoms with van der Waals surface area (Å²) in [4.78, 5) is 29.8. The molecular formula is C21H24N2O4. The molecule has 3 rings (SSSR count). The van der Waals surface area contributed by atoms with Crippen LogP contribution in [0.1, 0.15) is 39.9 Å². The third-order valence-electron chi connectivity index (χ3n) is 4.87. The fraction of sp³-hybridized carbons (Fsp3) is 0.381. The molecule has 1 aliphatic rings. The second-order valence-electron chi connectivity index (χ2n) is 7.02. The lowest BCUT2D eigenvalue weighted by atomic mass is 9.97. The minimum atomic E-state index is -0.834. The Morgan fingerprint density at radius 2 is 2.04 bits per heavy atom. The molecule has 0 aliphatic carbocycles. The van der Waals surface area contributed by atoms with E-state index in [0.29, 0.717) is 31.6 Å². The number of carbonyl (C=O) groups excluding carboxylic acids is 1. The van der Waals surface area contributed by atoms with E-state index in [1.54, 1.807) is 17.3 Å². The Bertz CT molecular complexity index is 812. The fourth-order valence-electron chi connectivity index (χ4n) is 3.49. The van der Waals surface area contributed by atoms with Gasteiger partial charge in [0, 0.05) is 36.6 Å². The van der Waals surface area contributed by atoms with E-state index in [9.17, 15) is 14.7 Å². The molecule has 1 unspecified atom stereocenters. The predicted molar refractivity (Wildman–Crippen MR) is 101 cm³/mol. The summed E-state index contributed by atoms with van der Waals surface area (Å²) in [6.45, 7) is 5.11. The van der Waals surface area contributed by atoms with Crippen LogP contribution in [0.25, 0.3) is 0 Å². The summed E-state index contributed by atoms with van der Waals surface area (Å²) in [5, 5.41) is 9.23. The molecule has 0 saturated carbocycles. The Morgan fingerprint density at radius 3 is 2.67 bits per heavy atom. The smallest absolute Gasteiger partial charge is 0.308 e. The van der Waals surface area contributed by atoms with Crippen molar-refractivity contribution in [3.63, 3.8) is 0 Å². The fourth-order valence-corrected chi connectivity index (χ4v) is 3.49. The Morgan fingerprint density at radius 1 is 1.30 bits per heavy atom. The van der Waals surface area contributed by atoms with E-state index in [2.05, 4.69) is 4.98 Å². The van der Waals surface area contributed by atoms with Crippen molar-refractivity contribution >= 4 is 11.9 Å². The van der Waals surface area contributed by atoms with Crippen LogP contribution in [0.2, 0.25) is 0 Å². The molecule has 0 bridgehead atoms. The number of likely N-dealkylation sites (tertiary alicyclic amines) is 1. The summed E-state index contributed by atoms with van der Waals surface area (Å²) < 4.78 is 5.94. The van der Waals surface area contributed by atoms with E-state index in [4.69, 9.17) is 4.74 Å². The summed E-state index contributed by atoms with van der Waals surface area (Å²) in [6.07, 6.45) is 4.82. The molecule has 6 heteroatoms. The minimum Gasteiger partial charge on any atom is -0.488 e. The lowest BCUT2D eigenvalue weighted by Gasteiger charge is -2.31. The number of nitrogens with zero attached hydrogens (tertiary/aromatic N) is 2. The van der Waals surface area contributed by atoms with Crippen LogP contribution in [0.4, 0.5) is 0 Å². The van der Waals surface area contributed by atoms with Gasteiger partial charge in [-0.15, -0.1) is 0 Å². The zero-order valence-corrected chi connectivity index (χ0v) is 15.6. The molecule has 0 radical (unpaired) electrons. The molecule has 1 aromatic carbocycles. The number of carboxylic acid groups (broad SMARTS) is 1. The maximum Gasteiger partial charge on any atom is 0.308 e. The molecule has 0 spiro atoms. The van der Waals surface area contributed by atoms with Crippen LogP contribution in [0.15, 0.2) is 36.7 Å². The number of aliphatic carboxylic acids is 1. The highest BCUT2D eigenvalue weighted by molar-refractivity contribution is 5.95. The second kappa shape index (κ2) is 8.20. The molecule has 142 valence electrons. The molecule has 1 amide bonds. The second-order valence-corrected chi connectivity index (χ2v) is 7.02. The first kappa shape index (κ1) is 18.9. The van der Waals surface area contributed by atoms with Crippen LogP contribution in [-0.4, -0.2) is 40.0 Å². The number of rotatable bonds is 5. The first-order chi connectivity index (χ1) is 13.0. The van der Waals surface area contributed by atoms with Gasteiger partial charge in [-0.2, -0.15) is 0 Å². The number of aryl methyl sites for hydroxylation is 2. The van der Waals surface area contributed by atoms with Crippen LogP contribution in [0.3, 0.4) is 0 Å². The van der Waals surface area contributed by atoms with E-state index < -0.39 is 11.9 Å². The average Bonchev–Trinajstić information content (AvgIpc) is 2.67. The number of hydrogen-bond acceptors (Lipinski definition) is 4. The zero-order valence-electron chi connectivity index (χ0n) is 15.6. The van der Waals surface area contributed by atoms with Crippen molar-refractivity contribution in [2.75, 3.05) is 13.1 Å². The largest absolute Gasteiger partial charge is 0.488 e. The molecule has 1 saturated heterocycles. The van der Waals surface area contributed by atoms with Gasteiger partial charge >= 0.3 is 5.97 Å². The number of aromatic nitrogens is 1. The van der Waals surface area contributed by atoms with Gasteiger partial charge in [-0.05, 0) is 56.0 Å².